The highest BCUT2D eigenvalue weighted by molar-refractivity contribution is 5.96. The van der Waals surface area contributed by atoms with E-state index in [1.807, 2.05) is 0 Å². The largest absolute Gasteiger partial charge is 0.490 e. The zero-order valence-electron chi connectivity index (χ0n) is 82.3. The van der Waals surface area contributed by atoms with Crippen LogP contribution in [-0.2, 0) is 0 Å². The Balaban J connectivity index is 0.784. The highest BCUT2D eigenvalue weighted by atomic mass is 16.5. The van der Waals surface area contributed by atoms with E-state index < -0.39 is 0 Å². The molecule has 16 nitrogen and oxygen atoms in total. The van der Waals surface area contributed by atoms with Crippen molar-refractivity contribution in [1.82, 2.24) is 39.9 Å². The van der Waals surface area contributed by atoms with Crippen LogP contribution in [0.1, 0.15) is 356 Å². The minimum Gasteiger partial charge on any atom is -0.490 e. The molecule has 8 aliphatic heterocycles. The number of nitrogens with one attached hydrogen (secondary N) is 4. The standard InChI is InChI=1S/C120H152N8O8/c1-5-9-13-17-21-25-29-33-37-41-73-129-109-69-49-89-81-113(109)133-77-45-46-78-134-114-82-90(50-70-110(114)130-74-42-38-34-30-26-22-18-14-10-6-2)118-105-65-57-97(125-105)87-99-59-67-107(127-99)120(108-68-60-100(128-108)88-98-58-66-106(118)126-98)92-52-72-112(132-76-44-40-36-32-28-24-20-16-12-8-4)116(84-92)136-80-48-47-79-135-115-83-91(51-71-111(115)131-75-43-39-35-31-27-23-19-15-11-7-3)119-103-63-55-95(123-103)85-93-53-61-101(121-93)117(89)102-62-54-94(122-102)86-96-56-64-104(119)124-96/h49-72,81-88,121,124-125,128H,5-48,73-80H2,1-4H3. The summed E-state index contributed by atoms with van der Waals surface area (Å²) in [6.45, 7) is 13.3. The topological polar surface area (TPSA) is 189 Å². The van der Waals surface area contributed by atoms with Crippen molar-refractivity contribution in [1.29, 1.82) is 0 Å². The van der Waals surface area contributed by atoms with Gasteiger partial charge in [0.2, 0.25) is 0 Å². The molecule has 6 aromatic heterocycles. The van der Waals surface area contributed by atoms with Crippen LogP contribution in [0.5, 0.6) is 46.0 Å². The van der Waals surface area contributed by atoms with Crippen LogP contribution in [0, 0.1) is 0 Å². The quantitative estimate of drug-likeness (QED) is 0.0265. The van der Waals surface area contributed by atoms with Crippen molar-refractivity contribution in [3.8, 4) is 90.5 Å². The molecule has 14 heterocycles. The lowest BCUT2D eigenvalue weighted by molar-refractivity contribution is 0.237. The molecule has 720 valence electrons. The first-order valence-electron chi connectivity index (χ1n) is 53.1. The zero-order valence-corrected chi connectivity index (χ0v) is 82.3. The number of benzene rings is 4. The molecule has 0 atom stereocenters. The van der Waals surface area contributed by atoms with Crippen molar-refractivity contribution in [3.63, 3.8) is 0 Å². The molecule has 4 aromatic carbocycles. The minimum absolute atomic E-state index is 0.435. The van der Waals surface area contributed by atoms with Gasteiger partial charge in [-0.15, -0.1) is 0 Å². The van der Waals surface area contributed by atoms with Crippen molar-refractivity contribution in [2.45, 2.75) is 310 Å². The van der Waals surface area contributed by atoms with E-state index in [4.69, 9.17) is 57.8 Å². The Hall–Kier alpha value is -11.5. The average Bonchev–Trinajstić information content (AvgIpc) is 1.63. The molecule has 4 N–H and O–H groups in total. The van der Waals surface area contributed by atoms with E-state index >= 15 is 0 Å². The van der Waals surface area contributed by atoms with Crippen LogP contribution in [0.15, 0.2) is 146 Å². The fraction of sp³-hybridized carbons (Fsp3) is 0.467. The second-order valence-corrected chi connectivity index (χ2v) is 38.0. The Morgan fingerprint density at radius 2 is 0.419 bits per heavy atom. The molecular weight excluding hydrogens is 1680 g/mol. The van der Waals surface area contributed by atoms with Gasteiger partial charge in [-0.05, 0) is 244 Å². The molecule has 28 bridgehead atoms. The highest BCUT2D eigenvalue weighted by Crippen LogP contribution is 2.44. The van der Waals surface area contributed by atoms with Gasteiger partial charge in [0.1, 0.15) is 0 Å². The Morgan fingerprint density at radius 3 is 0.625 bits per heavy atom. The predicted molar refractivity (Wildman–Crippen MR) is 569 cm³/mol. The average molecular weight is 1830 g/mol. The van der Waals surface area contributed by atoms with E-state index in [1.165, 1.54) is 205 Å². The van der Waals surface area contributed by atoms with Gasteiger partial charge in [-0.1, -0.05) is 283 Å². The third kappa shape index (κ3) is 29.8. The van der Waals surface area contributed by atoms with Gasteiger partial charge in [-0.2, -0.15) is 0 Å². The molecule has 0 amide bonds. The van der Waals surface area contributed by atoms with E-state index in [2.05, 4.69) is 242 Å². The van der Waals surface area contributed by atoms with Gasteiger partial charge < -0.3 is 57.8 Å². The molecule has 0 spiro atoms. The number of aromatic nitrogens is 8. The van der Waals surface area contributed by atoms with Crippen molar-refractivity contribution in [2.24, 2.45) is 0 Å². The summed E-state index contributed by atoms with van der Waals surface area (Å²) >= 11 is 0. The zero-order chi connectivity index (χ0) is 93.2. The third-order valence-electron chi connectivity index (χ3n) is 26.9. The Kier molecular flexibility index (Phi) is 39.6. The van der Waals surface area contributed by atoms with E-state index in [0.717, 1.165) is 234 Å². The monoisotopic (exact) mass is 1830 g/mol. The number of unbranched alkanes of at least 4 members (excludes halogenated alkanes) is 36. The molecule has 10 aromatic rings. The van der Waals surface area contributed by atoms with Crippen LogP contribution in [-0.4, -0.2) is 92.7 Å². The summed E-state index contributed by atoms with van der Waals surface area (Å²) in [5.41, 5.74) is 21.4. The Bertz CT molecular complexity index is 5200. The normalized spacial score (nSPS) is 13.1. The Labute approximate surface area is 810 Å². The summed E-state index contributed by atoms with van der Waals surface area (Å²) in [5.74, 6) is 5.65. The summed E-state index contributed by atoms with van der Waals surface area (Å²) in [5, 5.41) is 0. The number of hydrogen-bond acceptors (Lipinski definition) is 12. The number of nitrogens with zero attached hydrogens (tertiary/aromatic N) is 4. The van der Waals surface area contributed by atoms with Crippen LogP contribution in [0.25, 0.3) is 137 Å². The maximum absolute atomic E-state index is 7.00. The molecule has 0 saturated heterocycles. The summed E-state index contributed by atoms with van der Waals surface area (Å²) in [4.78, 5) is 37.0. The summed E-state index contributed by atoms with van der Waals surface area (Å²) in [7, 11) is 0. The Morgan fingerprint density at radius 1 is 0.221 bits per heavy atom. The molecule has 0 radical (unpaired) electrons. The maximum Gasteiger partial charge on any atom is 0.161 e. The van der Waals surface area contributed by atoms with Crippen molar-refractivity contribution >= 4 is 92.7 Å². The van der Waals surface area contributed by atoms with Gasteiger partial charge in [0, 0.05) is 66.4 Å². The molecular formula is C120H152N8O8. The first-order valence-corrected chi connectivity index (χ1v) is 53.1. The number of rotatable bonds is 48. The molecule has 8 aliphatic rings. The smallest absolute Gasteiger partial charge is 0.161 e. The summed E-state index contributed by atoms with van der Waals surface area (Å²) < 4.78 is 55.1. The van der Waals surface area contributed by atoms with Crippen LogP contribution >= 0.6 is 0 Å². The van der Waals surface area contributed by atoms with Crippen LogP contribution in [0.3, 0.4) is 0 Å². The van der Waals surface area contributed by atoms with E-state index in [0.29, 0.717) is 75.9 Å². The first-order chi connectivity index (χ1) is 67.3. The van der Waals surface area contributed by atoms with Gasteiger partial charge in [0.05, 0.1) is 98.4 Å². The molecule has 136 heavy (non-hydrogen) atoms. The maximum atomic E-state index is 7.00. The fourth-order valence-corrected chi connectivity index (χ4v) is 19.2. The molecule has 0 aliphatic carbocycles. The summed E-state index contributed by atoms with van der Waals surface area (Å²) in [6, 6.07) is 51.2. The lowest BCUT2D eigenvalue weighted by atomic mass is 10.0. The number of ether oxygens (including phenoxy) is 8. The van der Waals surface area contributed by atoms with Crippen LogP contribution in [0.4, 0.5) is 0 Å². The van der Waals surface area contributed by atoms with Gasteiger partial charge >= 0.3 is 0 Å². The van der Waals surface area contributed by atoms with Crippen LogP contribution in [0.2, 0.25) is 0 Å². The number of H-pyrrole nitrogens is 4. The lowest BCUT2D eigenvalue weighted by Crippen LogP contribution is -2.06. The van der Waals surface area contributed by atoms with Crippen molar-refractivity contribution in [2.75, 3.05) is 52.9 Å². The van der Waals surface area contributed by atoms with Gasteiger partial charge in [-0.3, -0.25) is 0 Å². The van der Waals surface area contributed by atoms with Crippen LogP contribution < -0.4 is 37.9 Å². The SMILES string of the molecule is CCCCCCCCCCCCOc1ccc2cc1OCCCCOc1cc(ccc1OCCCCCCCCCCCC)-c1c3nc(cc4ccc([nH]4)c(c4nc(cc5ccc1[nH]5)C=C4)-c1ccc(OCCCCCCCCCCCC)c(c1)OCCCCOc1cc(ccc1OCCCCCCCCCCCC)-c1c4nc(cc5ccc([nH]5)c-2c2nc(cc5ccc1[nH]5)C=C2)C=C4)C=C3. The van der Waals surface area contributed by atoms with E-state index in [-0.39, 0.29) is 0 Å². The van der Waals surface area contributed by atoms with Crippen molar-refractivity contribution in [3.05, 3.63) is 191 Å². The molecule has 0 fully saturated rings. The van der Waals surface area contributed by atoms with Gasteiger partial charge in [0.15, 0.2) is 46.0 Å². The summed E-state index contributed by atoms with van der Waals surface area (Å²) in [6.07, 6.45) is 69.7. The second kappa shape index (κ2) is 54.4. The van der Waals surface area contributed by atoms with E-state index in [9.17, 15) is 0 Å². The van der Waals surface area contributed by atoms with Gasteiger partial charge in [-0.25, -0.2) is 19.9 Å². The fourth-order valence-electron chi connectivity index (χ4n) is 19.2. The number of aromatic amines is 4. The lowest BCUT2D eigenvalue weighted by Gasteiger charge is -2.16. The minimum atomic E-state index is 0.435. The predicted octanol–water partition coefficient (Wildman–Crippen LogP) is 34.3. The van der Waals surface area contributed by atoms with Gasteiger partial charge in [0.25, 0.3) is 0 Å². The second-order valence-electron chi connectivity index (χ2n) is 38.0. The third-order valence-corrected chi connectivity index (χ3v) is 26.9. The van der Waals surface area contributed by atoms with E-state index in [1.54, 1.807) is 0 Å². The van der Waals surface area contributed by atoms with Crippen molar-refractivity contribution < 1.29 is 37.9 Å². The molecule has 16 heteroatoms. The number of hydrogen-bond donors (Lipinski definition) is 4. The molecule has 0 saturated carbocycles. The molecule has 0 unspecified atom stereocenters. The molecule has 18 rings (SSSR count). The highest BCUT2D eigenvalue weighted by Gasteiger charge is 2.23. The first kappa shape index (κ1) is 99.0.